The minimum Gasteiger partial charge on any atom is -0.465 e. The van der Waals surface area contributed by atoms with E-state index in [4.69, 9.17) is 4.74 Å². The third-order valence-electron chi connectivity index (χ3n) is 1.48. The first-order chi connectivity index (χ1) is 5.34. The van der Waals surface area contributed by atoms with E-state index < -0.39 is 0 Å². The zero-order valence-electron chi connectivity index (χ0n) is 6.63. The van der Waals surface area contributed by atoms with Gasteiger partial charge in [0.05, 0.1) is 6.61 Å². The van der Waals surface area contributed by atoms with Crippen molar-refractivity contribution < 1.29 is 9.53 Å². The number of ether oxygens (including phenoxy) is 1. The van der Waals surface area contributed by atoms with Crippen LogP contribution in [0.4, 0.5) is 0 Å². The van der Waals surface area contributed by atoms with Crippen molar-refractivity contribution in [1.29, 1.82) is 0 Å². The molecule has 0 saturated carbocycles. The average Bonchev–Trinajstić information content (AvgIpc) is 2.07. The van der Waals surface area contributed by atoms with Crippen molar-refractivity contribution in [2.45, 2.75) is 12.2 Å². The maximum absolute atomic E-state index is 11.1. The van der Waals surface area contributed by atoms with Crippen molar-refractivity contribution in [2.24, 2.45) is 0 Å². The number of thioether (sulfide) groups is 1. The predicted octanol–water partition coefficient (Wildman–Crippen LogP) is 0.255. The molecule has 0 aromatic carbocycles. The van der Waals surface area contributed by atoms with Gasteiger partial charge in [-0.1, -0.05) is 0 Å². The van der Waals surface area contributed by atoms with Gasteiger partial charge in [0.1, 0.15) is 5.25 Å². The molecular formula is C7H13NO2S. The minimum atomic E-state index is -0.0790. The first-order valence-electron chi connectivity index (χ1n) is 3.83. The van der Waals surface area contributed by atoms with Gasteiger partial charge in [-0.25, -0.2) is 0 Å². The molecule has 0 amide bonds. The van der Waals surface area contributed by atoms with Gasteiger partial charge in [0, 0.05) is 18.8 Å². The second-order valence-electron chi connectivity index (χ2n) is 2.32. The summed E-state index contributed by atoms with van der Waals surface area (Å²) < 4.78 is 4.88. The number of hydrogen-bond acceptors (Lipinski definition) is 4. The molecule has 0 aromatic heterocycles. The molecule has 0 unspecified atom stereocenters. The van der Waals surface area contributed by atoms with Crippen LogP contribution in [0.1, 0.15) is 6.92 Å². The Morgan fingerprint density at radius 1 is 1.82 bits per heavy atom. The molecule has 1 N–H and O–H groups in total. The first-order valence-corrected chi connectivity index (χ1v) is 4.88. The second-order valence-corrected chi connectivity index (χ2v) is 3.63. The lowest BCUT2D eigenvalue weighted by Gasteiger charge is -2.20. The summed E-state index contributed by atoms with van der Waals surface area (Å²) in [5.41, 5.74) is 0. The highest BCUT2D eigenvalue weighted by Gasteiger charge is 2.22. The fourth-order valence-electron chi connectivity index (χ4n) is 0.952. The number of carbonyl (C=O) groups is 1. The highest BCUT2D eigenvalue weighted by molar-refractivity contribution is 8.00. The summed E-state index contributed by atoms with van der Waals surface area (Å²) in [6.45, 7) is 4.07. The molecule has 1 heterocycles. The first kappa shape index (κ1) is 8.87. The van der Waals surface area contributed by atoms with Crippen molar-refractivity contribution >= 4 is 17.7 Å². The van der Waals surface area contributed by atoms with E-state index >= 15 is 0 Å². The van der Waals surface area contributed by atoms with E-state index in [1.165, 1.54) is 0 Å². The molecule has 1 fully saturated rings. The van der Waals surface area contributed by atoms with Crippen LogP contribution in [0.3, 0.4) is 0 Å². The lowest BCUT2D eigenvalue weighted by molar-refractivity contribution is -0.142. The molecule has 1 aliphatic rings. The van der Waals surface area contributed by atoms with Crippen molar-refractivity contribution in [3.63, 3.8) is 0 Å². The van der Waals surface area contributed by atoms with E-state index in [-0.39, 0.29) is 11.2 Å². The molecule has 64 valence electrons. The number of nitrogens with one attached hydrogen (secondary N) is 1. The van der Waals surface area contributed by atoms with Gasteiger partial charge < -0.3 is 10.1 Å². The summed E-state index contributed by atoms with van der Waals surface area (Å²) in [6, 6.07) is 0. The maximum Gasteiger partial charge on any atom is 0.320 e. The largest absolute Gasteiger partial charge is 0.465 e. The van der Waals surface area contributed by atoms with E-state index in [0.717, 1.165) is 18.8 Å². The molecule has 11 heavy (non-hydrogen) atoms. The van der Waals surface area contributed by atoms with Gasteiger partial charge in [0.25, 0.3) is 0 Å². The quantitative estimate of drug-likeness (QED) is 0.611. The molecule has 0 spiro atoms. The molecule has 0 aliphatic carbocycles. The Hall–Kier alpha value is -0.220. The third kappa shape index (κ3) is 2.71. The molecule has 1 atom stereocenters. The summed E-state index contributed by atoms with van der Waals surface area (Å²) in [4.78, 5) is 11.1. The summed E-state index contributed by atoms with van der Waals surface area (Å²) in [5, 5.41) is 3.17. The molecule has 1 saturated heterocycles. The van der Waals surface area contributed by atoms with Gasteiger partial charge in [-0.3, -0.25) is 4.79 Å². The molecule has 3 nitrogen and oxygen atoms in total. The topological polar surface area (TPSA) is 38.3 Å². The molecule has 4 heteroatoms. The predicted molar refractivity (Wildman–Crippen MR) is 45.7 cm³/mol. The Kier molecular flexibility index (Phi) is 3.72. The number of esters is 1. The lowest BCUT2D eigenvalue weighted by Crippen LogP contribution is -2.38. The molecule has 0 aromatic rings. The van der Waals surface area contributed by atoms with Crippen LogP contribution in [0.15, 0.2) is 0 Å². The summed E-state index contributed by atoms with van der Waals surface area (Å²) in [5.74, 6) is 0.924. The SMILES string of the molecule is CCOC(=O)[C@H]1CNCCS1. The zero-order valence-corrected chi connectivity index (χ0v) is 7.45. The van der Waals surface area contributed by atoms with E-state index in [2.05, 4.69) is 5.32 Å². The van der Waals surface area contributed by atoms with Crippen LogP contribution in [0.2, 0.25) is 0 Å². The molecule has 1 aliphatic heterocycles. The highest BCUT2D eigenvalue weighted by Crippen LogP contribution is 2.14. The highest BCUT2D eigenvalue weighted by atomic mass is 32.2. The van der Waals surface area contributed by atoms with Gasteiger partial charge in [-0.15, -0.1) is 11.8 Å². The molecule has 1 rings (SSSR count). The van der Waals surface area contributed by atoms with Gasteiger partial charge in [-0.05, 0) is 6.92 Å². The van der Waals surface area contributed by atoms with Crippen LogP contribution < -0.4 is 5.32 Å². The Morgan fingerprint density at radius 3 is 3.18 bits per heavy atom. The Balaban J connectivity index is 2.27. The fraction of sp³-hybridized carbons (Fsp3) is 0.857. The Labute approximate surface area is 70.9 Å². The van der Waals surface area contributed by atoms with E-state index in [1.54, 1.807) is 11.8 Å². The Morgan fingerprint density at radius 2 is 2.64 bits per heavy atom. The van der Waals surface area contributed by atoms with E-state index in [0.29, 0.717) is 6.61 Å². The lowest BCUT2D eigenvalue weighted by atomic mass is 10.4. The van der Waals surface area contributed by atoms with Gasteiger partial charge in [0.15, 0.2) is 0 Å². The van der Waals surface area contributed by atoms with Crippen LogP contribution in [0, 0.1) is 0 Å². The molecular weight excluding hydrogens is 162 g/mol. The average molecular weight is 175 g/mol. The number of rotatable bonds is 2. The smallest absolute Gasteiger partial charge is 0.320 e. The van der Waals surface area contributed by atoms with Crippen LogP contribution in [0.5, 0.6) is 0 Å². The summed E-state index contributed by atoms with van der Waals surface area (Å²) in [6.07, 6.45) is 0. The van der Waals surface area contributed by atoms with Crippen molar-refractivity contribution in [1.82, 2.24) is 5.32 Å². The van der Waals surface area contributed by atoms with Crippen LogP contribution >= 0.6 is 11.8 Å². The van der Waals surface area contributed by atoms with Gasteiger partial charge >= 0.3 is 5.97 Å². The third-order valence-corrected chi connectivity index (χ3v) is 2.68. The van der Waals surface area contributed by atoms with E-state index in [9.17, 15) is 4.79 Å². The molecule has 0 radical (unpaired) electrons. The zero-order chi connectivity index (χ0) is 8.10. The van der Waals surface area contributed by atoms with Gasteiger partial charge in [0.2, 0.25) is 0 Å². The van der Waals surface area contributed by atoms with Crippen LogP contribution in [-0.4, -0.2) is 36.7 Å². The maximum atomic E-state index is 11.1. The Bertz CT molecular complexity index is 134. The molecule has 0 bridgehead atoms. The van der Waals surface area contributed by atoms with Crippen molar-refractivity contribution in [3.05, 3.63) is 0 Å². The number of carbonyl (C=O) groups excluding carboxylic acids is 1. The summed E-state index contributed by atoms with van der Waals surface area (Å²) >= 11 is 1.67. The van der Waals surface area contributed by atoms with Crippen molar-refractivity contribution in [3.8, 4) is 0 Å². The minimum absolute atomic E-state index is 0.0173. The second kappa shape index (κ2) is 4.62. The normalized spacial score (nSPS) is 24.6. The van der Waals surface area contributed by atoms with Crippen LogP contribution in [-0.2, 0) is 9.53 Å². The van der Waals surface area contributed by atoms with Gasteiger partial charge in [-0.2, -0.15) is 0 Å². The summed E-state index contributed by atoms with van der Waals surface area (Å²) in [7, 11) is 0. The monoisotopic (exact) mass is 175 g/mol. The van der Waals surface area contributed by atoms with E-state index in [1.807, 2.05) is 6.92 Å². The fourth-order valence-corrected chi connectivity index (χ4v) is 1.94. The standard InChI is InChI=1S/C7H13NO2S/c1-2-10-7(9)6-5-8-3-4-11-6/h6,8H,2-5H2,1H3/t6-/m1/s1. The van der Waals surface area contributed by atoms with Crippen molar-refractivity contribution in [2.75, 3.05) is 25.4 Å². The van der Waals surface area contributed by atoms with Crippen LogP contribution in [0.25, 0.3) is 0 Å². The number of hydrogen-bond donors (Lipinski definition) is 1.